The van der Waals surface area contributed by atoms with Gasteiger partial charge in [0.15, 0.2) is 5.96 Å². The van der Waals surface area contributed by atoms with Crippen molar-refractivity contribution in [1.29, 1.82) is 0 Å². The Balaban J connectivity index is 2.71. The van der Waals surface area contributed by atoms with E-state index in [0.29, 0.717) is 24.5 Å². The van der Waals surface area contributed by atoms with Crippen LogP contribution in [0, 0.1) is 5.92 Å². The average Bonchev–Trinajstić information content (AvgIpc) is 2.85. The summed E-state index contributed by atoms with van der Waals surface area (Å²) in [4.78, 5) is 20.5. The molecule has 1 rings (SSSR count). The van der Waals surface area contributed by atoms with Gasteiger partial charge in [-0.2, -0.15) is 0 Å². The lowest BCUT2D eigenvalue weighted by Gasteiger charge is -2.34. The van der Waals surface area contributed by atoms with E-state index < -0.39 is 0 Å². The largest absolute Gasteiger partial charge is 0.355 e. The van der Waals surface area contributed by atoms with Crippen LogP contribution < -0.4 is 10.6 Å². The minimum atomic E-state index is -0.00523. The lowest BCUT2D eigenvalue weighted by atomic mass is 10.0. The fraction of sp³-hybridized carbons (Fsp3) is 0.800. The van der Waals surface area contributed by atoms with Gasteiger partial charge in [-0.25, -0.2) is 4.99 Å². The Labute approximate surface area is 160 Å². The van der Waals surface area contributed by atoms with Gasteiger partial charge in [0.2, 0.25) is 5.91 Å². The van der Waals surface area contributed by atoms with Crippen molar-refractivity contribution in [2.24, 2.45) is 10.9 Å². The minimum absolute atomic E-state index is 0.00523. The Bertz CT molecular complexity index is 465. The maximum Gasteiger partial charge on any atom is 0.243 e. The van der Waals surface area contributed by atoms with E-state index in [2.05, 4.69) is 41.0 Å². The summed E-state index contributed by atoms with van der Waals surface area (Å²) in [5.74, 6) is 1.24. The standard InChI is InChI=1S/C20H39N5O/c1-16(2)13-21-20(23-15-19(26)24(5)6)22-14-18(17(3)4)25-11-9-7-8-10-12-25/h17-18H,1,7-15H2,2-6H3,(H2,21,22,23). The van der Waals surface area contributed by atoms with Crippen molar-refractivity contribution in [3.05, 3.63) is 12.2 Å². The first-order valence-corrected chi connectivity index (χ1v) is 9.92. The summed E-state index contributed by atoms with van der Waals surface area (Å²) in [7, 11) is 3.50. The smallest absolute Gasteiger partial charge is 0.243 e. The number of aliphatic imine (C=N–C) groups is 1. The van der Waals surface area contributed by atoms with E-state index in [1.807, 2.05) is 6.92 Å². The molecule has 0 bridgehead atoms. The van der Waals surface area contributed by atoms with E-state index in [9.17, 15) is 4.79 Å². The number of hydrogen-bond acceptors (Lipinski definition) is 3. The normalized spacial score (nSPS) is 17.5. The number of hydrogen-bond donors (Lipinski definition) is 2. The number of likely N-dealkylation sites (N-methyl/N-ethyl adjacent to an activating group) is 1. The lowest BCUT2D eigenvalue weighted by molar-refractivity contribution is -0.127. The van der Waals surface area contributed by atoms with Crippen LogP contribution in [0.15, 0.2) is 17.1 Å². The molecule has 6 heteroatoms. The Morgan fingerprint density at radius 2 is 1.77 bits per heavy atom. The van der Waals surface area contributed by atoms with Crippen molar-refractivity contribution in [2.45, 2.75) is 52.5 Å². The first-order chi connectivity index (χ1) is 12.3. The molecule has 1 aliphatic rings. The van der Waals surface area contributed by atoms with Crippen molar-refractivity contribution in [3.8, 4) is 0 Å². The monoisotopic (exact) mass is 365 g/mol. The Morgan fingerprint density at radius 3 is 2.27 bits per heavy atom. The first kappa shape index (κ1) is 22.5. The minimum Gasteiger partial charge on any atom is -0.355 e. The molecular weight excluding hydrogens is 326 g/mol. The van der Waals surface area contributed by atoms with Crippen LogP contribution in [0.4, 0.5) is 0 Å². The average molecular weight is 366 g/mol. The molecule has 0 saturated carbocycles. The first-order valence-electron chi connectivity index (χ1n) is 9.92. The van der Waals surface area contributed by atoms with Crippen LogP contribution in [-0.2, 0) is 4.79 Å². The number of rotatable bonds is 8. The molecular formula is C20H39N5O. The van der Waals surface area contributed by atoms with Crippen LogP contribution >= 0.6 is 0 Å². The molecule has 0 spiro atoms. The van der Waals surface area contributed by atoms with Crippen LogP contribution in [0.5, 0.6) is 0 Å². The number of carbonyl (C=O) groups excluding carboxylic acids is 1. The van der Waals surface area contributed by atoms with Gasteiger partial charge in [-0.15, -0.1) is 0 Å². The summed E-state index contributed by atoms with van der Waals surface area (Å²) in [5, 5.41) is 6.73. The zero-order chi connectivity index (χ0) is 19.5. The number of guanidine groups is 1. The third-order valence-electron chi connectivity index (χ3n) is 4.79. The van der Waals surface area contributed by atoms with Crippen LogP contribution in [0.1, 0.15) is 46.5 Å². The summed E-state index contributed by atoms with van der Waals surface area (Å²) in [6.45, 7) is 14.4. The van der Waals surface area contributed by atoms with E-state index >= 15 is 0 Å². The third-order valence-corrected chi connectivity index (χ3v) is 4.79. The number of carbonyl (C=O) groups is 1. The third kappa shape index (κ3) is 8.70. The highest BCUT2D eigenvalue weighted by atomic mass is 16.2. The van der Waals surface area contributed by atoms with Crippen LogP contribution in [-0.4, -0.2) is 74.5 Å². The molecule has 1 amide bonds. The van der Waals surface area contributed by atoms with E-state index in [0.717, 1.165) is 12.1 Å². The summed E-state index contributed by atoms with van der Waals surface area (Å²) >= 11 is 0. The van der Waals surface area contributed by atoms with Gasteiger partial charge in [-0.05, 0) is 38.8 Å². The Kier molecular flexibility index (Phi) is 10.3. The van der Waals surface area contributed by atoms with Crippen molar-refractivity contribution >= 4 is 11.9 Å². The fourth-order valence-corrected chi connectivity index (χ4v) is 3.11. The summed E-state index contributed by atoms with van der Waals surface area (Å²) in [6.07, 6.45) is 5.26. The van der Waals surface area contributed by atoms with Gasteiger partial charge in [-0.1, -0.05) is 38.8 Å². The van der Waals surface area contributed by atoms with E-state index in [1.165, 1.54) is 38.8 Å². The molecule has 1 aliphatic heterocycles. The highest BCUT2D eigenvalue weighted by Crippen LogP contribution is 2.17. The van der Waals surface area contributed by atoms with Crippen molar-refractivity contribution in [3.63, 3.8) is 0 Å². The molecule has 1 saturated heterocycles. The second-order valence-electron chi connectivity index (χ2n) is 7.91. The SMILES string of the molecule is C=C(C)CNC(=NCC(=O)N(C)C)NCC(C(C)C)N1CCCCCC1. The number of nitrogens with zero attached hydrogens (tertiary/aromatic N) is 3. The molecule has 0 aliphatic carbocycles. The van der Waals surface area contributed by atoms with Crippen LogP contribution in [0.3, 0.4) is 0 Å². The summed E-state index contributed by atoms with van der Waals surface area (Å²) in [5.41, 5.74) is 1.03. The molecule has 26 heavy (non-hydrogen) atoms. The van der Waals surface area contributed by atoms with Crippen molar-refractivity contribution in [2.75, 3.05) is 46.8 Å². The molecule has 1 unspecified atom stereocenters. The van der Waals surface area contributed by atoms with Crippen molar-refractivity contribution in [1.82, 2.24) is 20.4 Å². The Morgan fingerprint density at radius 1 is 1.15 bits per heavy atom. The van der Waals surface area contributed by atoms with Gasteiger partial charge in [0, 0.05) is 33.2 Å². The quantitative estimate of drug-likeness (QED) is 0.393. The highest BCUT2D eigenvalue weighted by molar-refractivity contribution is 5.84. The number of likely N-dealkylation sites (tertiary alicyclic amines) is 1. The molecule has 1 atom stereocenters. The van der Waals surface area contributed by atoms with Crippen LogP contribution in [0.2, 0.25) is 0 Å². The molecule has 0 aromatic carbocycles. The van der Waals surface area contributed by atoms with Gasteiger partial charge in [0.25, 0.3) is 0 Å². The van der Waals surface area contributed by atoms with Crippen LogP contribution in [0.25, 0.3) is 0 Å². The van der Waals surface area contributed by atoms with Gasteiger partial charge < -0.3 is 15.5 Å². The summed E-state index contributed by atoms with van der Waals surface area (Å²) in [6, 6.07) is 0.467. The van der Waals surface area contributed by atoms with E-state index in [4.69, 9.17) is 0 Å². The number of nitrogens with one attached hydrogen (secondary N) is 2. The maximum absolute atomic E-state index is 11.9. The van der Waals surface area contributed by atoms with E-state index in [1.54, 1.807) is 19.0 Å². The topological polar surface area (TPSA) is 60.0 Å². The molecule has 1 heterocycles. The molecule has 0 radical (unpaired) electrons. The Hall–Kier alpha value is -1.56. The fourth-order valence-electron chi connectivity index (χ4n) is 3.11. The molecule has 6 nitrogen and oxygen atoms in total. The lowest BCUT2D eigenvalue weighted by Crippen LogP contribution is -2.50. The zero-order valence-electron chi connectivity index (χ0n) is 17.5. The molecule has 2 N–H and O–H groups in total. The van der Waals surface area contributed by atoms with Gasteiger partial charge in [0.1, 0.15) is 6.54 Å². The molecule has 150 valence electrons. The summed E-state index contributed by atoms with van der Waals surface area (Å²) < 4.78 is 0. The predicted octanol–water partition coefficient (Wildman–Crippen LogP) is 2.09. The number of amides is 1. The maximum atomic E-state index is 11.9. The highest BCUT2D eigenvalue weighted by Gasteiger charge is 2.23. The molecule has 1 fully saturated rings. The van der Waals surface area contributed by atoms with Gasteiger partial charge >= 0.3 is 0 Å². The molecule has 0 aromatic heterocycles. The van der Waals surface area contributed by atoms with Gasteiger partial charge in [0.05, 0.1) is 0 Å². The molecule has 0 aromatic rings. The predicted molar refractivity (Wildman–Crippen MR) is 110 cm³/mol. The van der Waals surface area contributed by atoms with Gasteiger partial charge in [-0.3, -0.25) is 9.69 Å². The zero-order valence-corrected chi connectivity index (χ0v) is 17.5. The van der Waals surface area contributed by atoms with Crippen molar-refractivity contribution < 1.29 is 4.79 Å². The second-order valence-corrected chi connectivity index (χ2v) is 7.91. The van der Waals surface area contributed by atoms with E-state index in [-0.39, 0.29) is 12.5 Å². The second kappa shape index (κ2) is 11.9.